The lowest BCUT2D eigenvalue weighted by Crippen LogP contribution is -2.69. The zero-order chi connectivity index (χ0) is 13.8. The second-order valence-electron chi connectivity index (χ2n) is 7.50. The molecule has 0 spiro atoms. The van der Waals surface area contributed by atoms with Crippen molar-refractivity contribution < 1.29 is 15.0 Å². The molecule has 0 aromatic rings. The minimum Gasteiger partial charge on any atom is -0.386 e. The summed E-state index contributed by atoms with van der Waals surface area (Å²) in [6.45, 7) is 8.47. The Morgan fingerprint density at radius 2 is 1.67 bits per heavy atom. The fraction of sp³-hybridized carbons (Fsp3) is 0.933. The predicted molar refractivity (Wildman–Crippen MR) is 70.1 cm³/mol. The van der Waals surface area contributed by atoms with E-state index in [2.05, 4.69) is 20.8 Å². The molecule has 0 unspecified atom stereocenters. The van der Waals surface area contributed by atoms with E-state index in [1.54, 1.807) is 0 Å². The average molecular weight is 254 g/mol. The summed E-state index contributed by atoms with van der Waals surface area (Å²) >= 11 is 0. The van der Waals surface area contributed by atoms with E-state index >= 15 is 0 Å². The van der Waals surface area contributed by atoms with E-state index in [-0.39, 0.29) is 17.1 Å². The third-order valence-corrected chi connectivity index (χ3v) is 5.26. The fourth-order valence-corrected chi connectivity index (χ4v) is 3.71. The Labute approximate surface area is 110 Å². The number of hydrogen-bond donors (Lipinski definition) is 2. The summed E-state index contributed by atoms with van der Waals surface area (Å²) in [5, 5.41) is 21.1. The number of Topliss-reactive ketones (excluding diaryl/α,β-unsaturated/α-hetero) is 1. The summed E-state index contributed by atoms with van der Waals surface area (Å²) in [4.78, 5) is 11.9. The first kappa shape index (κ1) is 14.0. The van der Waals surface area contributed by atoms with Crippen molar-refractivity contribution in [3.8, 4) is 0 Å². The quantitative estimate of drug-likeness (QED) is 0.755. The summed E-state index contributed by atoms with van der Waals surface area (Å²) < 4.78 is 0. The van der Waals surface area contributed by atoms with Crippen molar-refractivity contribution in [3.63, 3.8) is 0 Å². The average Bonchev–Trinajstić information content (AvgIpc) is 2.28. The van der Waals surface area contributed by atoms with E-state index in [1.807, 2.05) is 6.92 Å². The molecule has 0 heterocycles. The Balaban J connectivity index is 2.06. The maximum atomic E-state index is 11.9. The Morgan fingerprint density at radius 1 is 1.17 bits per heavy atom. The van der Waals surface area contributed by atoms with Crippen LogP contribution in [0.4, 0.5) is 0 Å². The summed E-state index contributed by atoms with van der Waals surface area (Å²) in [5.74, 6) is 0.299. The van der Waals surface area contributed by atoms with Gasteiger partial charge in [-0.1, -0.05) is 27.7 Å². The first-order valence-electron chi connectivity index (χ1n) is 7.09. The van der Waals surface area contributed by atoms with E-state index in [0.717, 1.165) is 12.8 Å². The topological polar surface area (TPSA) is 57.5 Å². The lowest BCUT2D eigenvalue weighted by atomic mass is 9.56. The molecule has 2 N–H and O–H groups in total. The van der Waals surface area contributed by atoms with Gasteiger partial charge in [-0.15, -0.1) is 0 Å². The highest BCUT2D eigenvalue weighted by Crippen LogP contribution is 2.51. The first-order valence-corrected chi connectivity index (χ1v) is 7.09. The van der Waals surface area contributed by atoms with Crippen LogP contribution in [0, 0.1) is 17.3 Å². The molecule has 0 aliphatic heterocycles. The van der Waals surface area contributed by atoms with E-state index in [4.69, 9.17) is 0 Å². The summed E-state index contributed by atoms with van der Waals surface area (Å²) in [7, 11) is 0. The van der Waals surface area contributed by atoms with Gasteiger partial charge in [0.25, 0.3) is 0 Å². The molecule has 0 radical (unpaired) electrons. The van der Waals surface area contributed by atoms with Crippen LogP contribution in [0.2, 0.25) is 0 Å². The van der Waals surface area contributed by atoms with Crippen molar-refractivity contribution in [2.45, 2.75) is 71.0 Å². The molecule has 2 atom stereocenters. The van der Waals surface area contributed by atoms with E-state index < -0.39 is 11.2 Å². The normalized spacial score (nSPS) is 45.8. The number of carbonyl (C=O) groups is 1. The molecule has 2 aliphatic rings. The van der Waals surface area contributed by atoms with Crippen molar-refractivity contribution in [1.29, 1.82) is 0 Å². The van der Waals surface area contributed by atoms with Crippen molar-refractivity contribution in [1.82, 2.24) is 0 Å². The maximum absolute atomic E-state index is 11.9. The van der Waals surface area contributed by atoms with Gasteiger partial charge in [0.05, 0.1) is 0 Å². The SMILES string of the molecule is C[C@@H]1C[C@@](O)(C2(O)CCC(C(C)(C)C)CC2)C1=O. The predicted octanol–water partition coefficient (Wildman–Crippen LogP) is 2.29. The van der Waals surface area contributed by atoms with Gasteiger partial charge in [0, 0.05) is 5.92 Å². The molecule has 2 saturated carbocycles. The van der Waals surface area contributed by atoms with Gasteiger partial charge in [-0.3, -0.25) is 4.79 Å². The molecule has 0 bridgehead atoms. The molecule has 0 aromatic heterocycles. The number of aliphatic hydroxyl groups is 2. The van der Waals surface area contributed by atoms with Crippen LogP contribution in [0.1, 0.15) is 59.8 Å². The smallest absolute Gasteiger partial charge is 0.170 e. The summed E-state index contributed by atoms with van der Waals surface area (Å²) in [5.41, 5.74) is -2.41. The van der Waals surface area contributed by atoms with Crippen molar-refractivity contribution in [2.75, 3.05) is 0 Å². The van der Waals surface area contributed by atoms with Crippen LogP contribution in [0.3, 0.4) is 0 Å². The van der Waals surface area contributed by atoms with Gasteiger partial charge in [-0.2, -0.15) is 0 Å². The van der Waals surface area contributed by atoms with Gasteiger partial charge in [0.2, 0.25) is 0 Å². The molecule has 3 heteroatoms. The molecule has 104 valence electrons. The van der Waals surface area contributed by atoms with Crippen LogP contribution in [0.15, 0.2) is 0 Å². The molecule has 3 nitrogen and oxygen atoms in total. The van der Waals surface area contributed by atoms with E-state index in [9.17, 15) is 15.0 Å². The van der Waals surface area contributed by atoms with E-state index in [1.165, 1.54) is 0 Å². The van der Waals surface area contributed by atoms with E-state index in [0.29, 0.717) is 25.2 Å². The van der Waals surface area contributed by atoms with Crippen LogP contribution in [-0.2, 0) is 4.79 Å². The molecule has 2 fully saturated rings. The minimum absolute atomic E-state index is 0.0978. The Hall–Kier alpha value is -0.410. The lowest BCUT2D eigenvalue weighted by Gasteiger charge is -2.54. The highest BCUT2D eigenvalue weighted by atomic mass is 16.4. The third-order valence-electron chi connectivity index (χ3n) is 5.26. The van der Waals surface area contributed by atoms with Gasteiger partial charge in [0.1, 0.15) is 5.60 Å². The van der Waals surface area contributed by atoms with Gasteiger partial charge in [0.15, 0.2) is 11.4 Å². The zero-order valence-electron chi connectivity index (χ0n) is 12.0. The fourth-order valence-electron chi connectivity index (χ4n) is 3.71. The van der Waals surface area contributed by atoms with Gasteiger partial charge < -0.3 is 10.2 Å². The lowest BCUT2D eigenvalue weighted by molar-refractivity contribution is -0.215. The molecule has 0 aromatic carbocycles. The Morgan fingerprint density at radius 3 is 2.00 bits per heavy atom. The third kappa shape index (κ3) is 1.92. The van der Waals surface area contributed by atoms with Gasteiger partial charge >= 0.3 is 0 Å². The summed E-state index contributed by atoms with van der Waals surface area (Å²) in [6.07, 6.45) is 3.30. The largest absolute Gasteiger partial charge is 0.386 e. The molecule has 0 saturated heterocycles. The maximum Gasteiger partial charge on any atom is 0.170 e. The van der Waals surface area contributed by atoms with Crippen molar-refractivity contribution in [3.05, 3.63) is 0 Å². The van der Waals surface area contributed by atoms with Crippen LogP contribution in [0.5, 0.6) is 0 Å². The Kier molecular flexibility index (Phi) is 3.14. The van der Waals surface area contributed by atoms with Gasteiger partial charge in [-0.25, -0.2) is 0 Å². The Bertz CT molecular complexity index is 347. The molecular formula is C15H26O3. The van der Waals surface area contributed by atoms with Crippen LogP contribution in [-0.4, -0.2) is 27.2 Å². The first-order chi connectivity index (χ1) is 8.10. The second-order valence-corrected chi connectivity index (χ2v) is 7.50. The number of hydrogen-bond acceptors (Lipinski definition) is 3. The molecule has 0 amide bonds. The number of carbonyl (C=O) groups excluding carboxylic acids is 1. The van der Waals surface area contributed by atoms with Crippen LogP contribution >= 0.6 is 0 Å². The van der Waals surface area contributed by atoms with Crippen molar-refractivity contribution in [2.24, 2.45) is 17.3 Å². The van der Waals surface area contributed by atoms with Gasteiger partial charge in [-0.05, 0) is 43.4 Å². The molecular weight excluding hydrogens is 228 g/mol. The summed E-state index contributed by atoms with van der Waals surface area (Å²) in [6, 6.07) is 0. The minimum atomic E-state index is -1.46. The standard InChI is InChI=1S/C15H26O3/c1-10-9-15(18,12(10)16)14(17)7-5-11(6-8-14)13(2,3)4/h10-11,17-18H,5-9H2,1-4H3/t10-,11?,14?,15+/m1/s1. The van der Waals surface area contributed by atoms with Crippen LogP contribution < -0.4 is 0 Å². The zero-order valence-corrected chi connectivity index (χ0v) is 12.0. The number of ketones is 1. The highest BCUT2D eigenvalue weighted by molar-refractivity contribution is 5.96. The number of rotatable bonds is 1. The monoisotopic (exact) mass is 254 g/mol. The van der Waals surface area contributed by atoms with Crippen LogP contribution in [0.25, 0.3) is 0 Å². The second kappa shape index (κ2) is 4.04. The highest BCUT2D eigenvalue weighted by Gasteiger charge is 2.63. The molecule has 18 heavy (non-hydrogen) atoms. The molecule has 2 aliphatic carbocycles. The molecule has 2 rings (SSSR count). The van der Waals surface area contributed by atoms with Crippen molar-refractivity contribution >= 4 is 5.78 Å².